The molecule has 0 bridgehead atoms. The molecule has 1 atom stereocenters. The molecule has 6 heteroatoms. The van der Waals surface area contributed by atoms with E-state index in [9.17, 15) is 9.59 Å². The number of benzene rings is 3. The second-order valence-corrected chi connectivity index (χ2v) is 6.61. The molecule has 30 heavy (non-hydrogen) atoms. The first-order valence-electron chi connectivity index (χ1n) is 9.40. The van der Waals surface area contributed by atoms with Crippen molar-refractivity contribution in [1.82, 2.24) is 0 Å². The molecule has 0 aromatic heterocycles. The fourth-order valence-corrected chi connectivity index (χ4v) is 2.85. The molecule has 1 N–H and O–H groups in total. The van der Waals surface area contributed by atoms with Crippen molar-refractivity contribution < 1.29 is 23.8 Å². The first-order chi connectivity index (χ1) is 14.5. The fourth-order valence-electron chi connectivity index (χ4n) is 2.85. The van der Waals surface area contributed by atoms with Crippen LogP contribution in [0.1, 0.15) is 12.5 Å². The predicted octanol–water partition coefficient (Wildman–Crippen LogP) is 4.44. The molecular weight excluding hydrogens is 382 g/mol. The summed E-state index contributed by atoms with van der Waals surface area (Å²) in [6.07, 6.45) is 2.01. The number of nitrogens with one attached hydrogen (secondary N) is 1. The number of hydrogen-bond acceptors (Lipinski definition) is 5. The summed E-state index contributed by atoms with van der Waals surface area (Å²) in [5, 5.41) is 4.76. The molecule has 0 spiro atoms. The van der Waals surface area contributed by atoms with E-state index in [0.29, 0.717) is 11.4 Å². The van der Waals surface area contributed by atoms with Gasteiger partial charge in [0.1, 0.15) is 11.5 Å². The molecule has 0 fully saturated rings. The Balaban J connectivity index is 1.59. The third-order valence-electron chi connectivity index (χ3n) is 4.48. The lowest BCUT2D eigenvalue weighted by Crippen LogP contribution is -2.29. The van der Waals surface area contributed by atoms with Crippen LogP contribution in [0.4, 0.5) is 5.69 Å². The maximum absolute atomic E-state index is 12.3. The van der Waals surface area contributed by atoms with Crippen LogP contribution in [0.2, 0.25) is 0 Å². The van der Waals surface area contributed by atoms with E-state index in [0.717, 1.165) is 22.1 Å². The topological polar surface area (TPSA) is 73.9 Å². The minimum absolute atomic E-state index is 0.426. The van der Waals surface area contributed by atoms with Crippen molar-refractivity contribution in [3.8, 4) is 11.5 Å². The smallest absolute Gasteiger partial charge is 0.331 e. The van der Waals surface area contributed by atoms with Gasteiger partial charge in [-0.15, -0.1) is 0 Å². The highest BCUT2D eigenvalue weighted by Gasteiger charge is 2.16. The zero-order chi connectivity index (χ0) is 21.5. The van der Waals surface area contributed by atoms with Crippen LogP contribution in [0.3, 0.4) is 0 Å². The number of hydrogen-bond donors (Lipinski definition) is 1. The second kappa shape index (κ2) is 9.60. The number of rotatable bonds is 7. The van der Waals surface area contributed by atoms with Gasteiger partial charge < -0.3 is 19.5 Å². The summed E-state index contributed by atoms with van der Waals surface area (Å²) in [6, 6.07) is 18.5. The number of carbonyl (C=O) groups is 2. The Bertz CT molecular complexity index is 1090. The predicted molar refractivity (Wildman–Crippen MR) is 117 cm³/mol. The largest absolute Gasteiger partial charge is 0.497 e. The average molecular weight is 405 g/mol. The van der Waals surface area contributed by atoms with Gasteiger partial charge >= 0.3 is 5.97 Å². The van der Waals surface area contributed by atoms with Crippen molar-refractivity contribution in [3.05, 3.63) is 72.3 Å². The van der Waals surface area contributed by atoms with Gasteiger partial charge in [-0.25, -0.2) is 4.79 Å². The highest BCUT2D eigenvalue weighted by Crippen LogP contribution is 2.22. The van der Waals surface area contributed by atoms with Crippen LogP contribution in [0.25, 0.3) is 16.8 Å². The van der Waals surface area contributed by atoms with E-state index >= 15 is 0 Å². The van der Waals surface area contributed by atoms with Crippen molar-refractivity contribution >= 4 is 34.4 Å². The zero-order valence-electron chi connectivity index (χ0n) is 17.0. The summed E-state index contributed by atoms with van der Waals surface area (Å²) in [4.78, 5) is 24.4. The number of ether oxygens (including phenoxy) is 3. The standard InChI is InChI=1S/C24H23NO5/c1-16(24(27)25-20-5-4-6-21(15-20)28-2)30-23(26)12-8-17-7-9-19-14-22(29-3)11-10-18(19)13-17/h4-16H,1-3H3,(H,25,27)/b12-8+/t16-/m1/s1. The third kappa shape index (κ3) is 5.38. The zero-order valence-corrected chi connectivity index (χ0v) is 17.0. The second-order valence-electron chi connectivity index (χ2n) is 6.61. The summed E-state index contributed by atoms with van der Waals surface area (Å²) in [5.41, 5.74) is 1.41. The van der Waals surface area contributed by atoms with Gasteiger partial charge in [0.25, 0.3) is 5.91 Å². The van der Waals surface area contributed by atoms with E-state index in [4.69, 9.17) is 14.2 Å². The molecule has 0 heterocycles. The highest BCUT2D eigenvalue weighted by molar-refractivity contribution is 5.97. The molecule has 1 amide bonds. The summed E-state index contributed by atoms with van der Waals surface area (Å²) < 4.78 is 15.5. The maximum atomic E-state index is 12.3. The first-order valence-corrected chi connectivity index (χ1v) is 9.40. The van der Waals surface area contributed by atoms with E-state index < -0.39 is 18.0 Å². The molecule has 0 saturated heterocycles. The van der Waals surface area contributed by atoms with Crippen molar-refractivity contribution in [2.45, 2.75) is 13.0 Å². The molecule has 0 saturated carbocycles. The number of anilines is 1. The van der Waals surface area contributed by atoms with E-state index in [1.165, 1.54) is 13.0 Å². The number of carbonyl (C=O) groups excluding carboxylic acids is 2. The molecule has 0 aliphatic rings. The lowest BCUT2D eigenvalue weighted by Gasteiger charge is -2.13. The average Bonchev–Trinajstić information content (AvgIpc) is 2.77. The van der Waals surface area contributed by atoms with Crippen LogP contribution < -0.4 is 14.8 Å². The fraction of sp³-hybridized carbons (Fsp3) is 0.167. The first kappa shape index (κ1) is 20.9. The van der Waals surface area contributed by atoms with Crippen molar-refractivity contribution in [3.63, 3.8) is 0 Å². The van der Waals surface area contributed by atoms with Gasteiger partial charge in [-0.05, 0) is 59.7 Å². The van der Waals surface area contributed by atoms with Crippen LogP contribution >= 0.6 is 0 Å². The van der Waals surface area contributed by atoms with Gasteiger partial charge in [-0.2, -0.15) is 0 Å². The van der Waals surface area contributed by atoms with Gasteiger partial charge in [-0.1, -0.05) is 24.3 Å². The highest BCUT2D eigenvalue weighted by atomic mass is 16.5. The van der Waals surface area contributed by atoms with E-state index in [1.54, 1.807) is 44.6 Å². The molecule has 154 valence electrons. The number of esters is 1. The van der Waals surface area contributed by atoms with Crippen LogP contribution in [0, 0.1) is 0 Å². The van der Waals surface area contributed by atoms with Gasteiger partial charge in [0.05, 0.1) is 14.2 Å². The molecule has 0 aliphatic carbocycles. The van der Waals surface area contributed by atoms with Crippen LogP contribution in [0.15, 0.2) is 66.7 Å². The van der Waals surface area contributed by atoms with Crippen LogP contribution in [0.5, 0.6) is 11.5 Å². The Hall–Kier alpha value is -3.80. The Kier molecular flexibility index (Phi) is 6.70. The molecular formula is C24H23NO5. The minimum atomic E-state index is -0.947. The van der Waals surface area contributed by atoms with Crippen molar-refractivity contribution in [1.29, 1.82) is 0 Å². The number of methoxy groups -OCH3 is 2. The van der Waals surface area contributed by atoms with Crippen LogP contribution in [-0.4, -0.2) is 32.2 Å². The molecule has 0 radical (unpaired) electrons. The lowest BCUT2D eigenvalue weighted by molar-refractivity contribution is -0.148. The Morgan fingerprint density at radius 1 is 0.900 bits per heavy atom. The van der Waals surface area contributed by atoms with E-state index in [2.05, 4.69) is 5.32 Å². The van der Waals surface area contributed by atoms with Crippen LogP contribution in [-0.2, 0) is 14.3 Å². The summed E-state index contributed by atoms with van der Waals surface area (Å²) in [5.74, 6) is 0.382. The Morgan fingerprint density at radius 3 is 2.37 bits per heavy atom. The minimum Gasteiger partial charge on any atom is -0.497 e. The molecule has 3 aromatic carbocycles. The number of fused-ring (bicyclic) bond motifs is 1. The van der Waals surface area contributed by atoms with Gasteiger partial charge in [-0.3, -0.25) is 4.79 Å². The molecule has 3 rings (SSSR count). The molecule has 6 nitrogen and oxygen atoms in total. The van der Waals surface area contributed by atoms with E-state index in [-0.39, 0.29) is 0 Å². The normalized spacial score (nSPS) is 11.8. The van der Waals surface area contributed by atoms with Gasteiger partial charge in [0.2, 0.25) is 0 Å². The van der Waals surface area contributed by atoms with Gasteiger partial charge in [0.15, 0.2) is 6.10 Å². The molecule has 0 unspecified atom stereocenters. The lowest BCUT2D eigenvalue weighted by atomic mass is 10.1. The number of amides is 1. The summed E-state index contributed by atoms with van der Waals surface area (Å²) in [6.45, 7) is 1.52. The summed E-state index contributed by atoms with van der Waals surface area (Å²) in [7, 11) is 3.17. The van der Waals surface area contributed by atoms with Crippen molar-refractivity contribution in [2.24, 2.45) is 0 Å². The van der Waals surface area contributed by atoms with Crippen molar-refractivity contribution in [2.75, 3.05) is 19.5 Å². The maximum Gasteiger partial charge on any atom is 0.331 e. The monoisotopic (exact) mass is 405 g/mol. The SMILES string of the molecule is COc1cccc(NC(=O)[C@@H](C)OC(=O)/C=C/c2ccc3cc(OC)ccc3c2)c1. The third-order valence-corrected chi connectivity index (χ3v) is 4.48. The Morgan fingerprint density at radius 2 is 1.60 bits per heavy atom. The quantitative estimate of drug-likeness (QED) is 0.465. The molecule has 3 aromatic rings. The van der Waals surface area contributed by atoms with Gasteiger partial charge in [0, 0.05) is 17.8 Å². The Labute approximate surface area is 175 Å². The molecule has 0 aliphatic heterocycles. The summed E-state index contributed by atoms with van der Waals surface area (Å²) >= 11 is 0. The van der Waals surface area contributed by atoms with E-state index in [1.807, 2.05) is 36.4 Å².